The third-order valence-corrected chi connectivity index (χ3v) is 6.87. The van der Waals surface area contributed by atoms with Crippen molar-refractivity contribution >= 4 is 27.3 Å². The van der Waals surface area contributed by atoms with E-state index in [4.69, 9.17) is 0 Å². The van der Waals surface area contributed by atoms with Crippen LogP contribution < -0.4 is 14.9 Å². The first-order valence-corrected chi connectivity index (χ1v) is 11.9. The first-order chi connectivity index (χ1) is 14.7. The minimum atomic E-state index is -3.80. The fourth-order valence-corrected chi connectivity index (χ4v) is 4.76. The second kappa shape index (κ2) is 9.99. The lowest BCUT2D eigenvalue weighted by atomic mass is 10.2. The number of hydrogen-bond acceptors (Lipinski definition) is 5. The summed E-state index contributed by atoms with van der Waals surface area (Å²) in [5.74, 6) is -0.677. The van der Waals surface area contributed by atoms with Gasteiger partial charge in [-0.05, 0) is 42.3 Å². The lowest BCUT2D eigenvalue weighted by molar-refractivity contribution is -0.121. The van der Waals surface area contributed by atoms with E-state index in [9.17, 15) is 22.4 Å². The average Bonchev–Trinajstić information content (AvgIpc) is 3.07. The molecule has 0 atom stereocenters. The Morgan fingerprint density at radius 3 is 2.48 bits per heavy atom. The van der Waals surface area contributed by atoms with Gasteiger partial charge in [-0.15, -0.1) is 0 Å². The van der Waals surface area contributed by atoms with Gasteiger partial charge in [0.1, 0.15) is 5.82 Å². The predicted octanol–water partition coefficient (Wildman–Crippen LogP) is 2.54. The van der Waals surface area contributed by atoms with Gasteiger partial charge in [-0.25, -0.2) is 17.5 Å². The lowest BCUT2D eigenvalue weighted by Gasteiger charge is -2.10. The molecule has 0 unspecified atom stereocenters. The maximum atomic E-state index is 13.3. The third-order valence-electron chi connectivity index (χ3n) is 4.59. The van der Waals surface area contributed by atoms with Gasteiger partial charge in [0.05, 0.1) is 4.90 Å². The van der Waals surface area contributed by atoms with Crippen LogP contribution in [-0.4, -0.2) is 18.9 Å². The van der Waals surface area contributed by atoms with Crippen molar-refractivity contribution in [1.82, 2.24) is 14.6 Å². The lowest BCUT2D eigenvalue weighted by Crippen LogP contribution is -2.26. The van der Waals surface area contributed by atoms with E-state index in [1.807, 2.05) is 6.92 Å². The molecule has 3 aromatic rings. The number of nitrogens with zero attached hydrogens (tertiary/aromatic N) is 1. The summed E-state index contributed by atoms with van der Waals surface area (Å²) in [6.45, 7) is 2.22. The number of nitrogens with one attached hydrogen (secondary N) is 2. The number of aromatic nitrogens is 1. The molecule has 10 heteroatoms. The van der Waals surface area contributed by atoms with Crippen LogP contribution >= 0.6 is 11.3 Å². The summed E-state index contributed by atoms with van der Waals surface area (Å²) in [5, 5.41) is 4.48. The molecule has 1 aromatic heterocycles. The van der Waals surface area contributed by atoms with E-state index in [-0.39, 0.29) is 35.2 Å². The Balaban J connectivity index is 1.56. The average molecular weight is 464 g/mol. The number of thiazole rings is 1. The molecule has 0 aliphatic carbocycles. The molecular formula is C21H22FN3O4S2. The zero-order valence-corrected chi connectivity index (χ0v) is 18.4. The maximum Gasteiger partial charge on any atom is 0.307 e. The Hall–Kier alpha value is -2.82. The Kier molecular flexibility index (Phi) is 7.37. The first-order valence-electron chi connectivity index (χ1n) is 9.49. The molecule has 2 aromatic carbocycles. The standard InChI is InChI=1S/C21H22FN3O4S2/c1-15-14-30-21(27)25(15)9-8-20(26)23-12-17-5-3-7-19(11-17)31(28,29)24-13-16-4-2-6-18(22)10-16/h2-7,10-11,14,24H,8-9,12-13H2,1H3,(H,23,26). The van der Waals surface area contributed by atoms with Crippen molar-refractivity contribution in [2.24, 2.45) is 0 Å². The van der Waals surface area contributed by atoms with E-state index in [1.165, 1.54) is 30.3 Å². The number of benzene rings is 2. The predicted molar refractivity (Wildman–Crippen MR) is 117 cm³/mol. The molecule has 0 aliphatic rings. The van der Waals surface area contributed by atoms with Gasteiger partial charge in [-0.2, -0.15) is 0 Å². The van der Waals surface area contributed by atoms with Gasteiger partial charge in [0.15, 0.2) is 0 Å². The molecule has 0 bridgehead atoms. The second-order valence-electron chi connectivity index (χ2n) is 6.92. The van der Waals surface area contributed by atoms with Crippen molar-refractivity contribution in [3.63, 3.8) is 0 Å². The Labute approximate surface area is 183 Å². The number of sulfonamides is 1. The van der Waals surface area contributed by atoms with E-state index < -0.39 is 15.8 Å². The van der Waals surface area contributed by atoms with Gasteiger partial charge in [0, 0.05) is 37.1 Å². The molecular weight excluding hydrogens is 441 g/mol. The van der Waals surface area contributed by atoms with Crippen molar-refractivity contribution in [3.8, 4) is 0 Å². The van der Waals surface area contributed by atoms with Gasteiger partial charge in [-0.1, -0.05) is 35.6 Å². The smallest absolute Gasteiger partial charge is 0.307 e. The molecule has 0 fully saturated rings. The van der Waals surface area contributed by atoms with Crippen LogP contribution in [0.1, 0.15) is 23.2 Å². The van der Waals surface area contributed by atoms with Gasteiger partial charge in [0.2, 0.25) is 15.9 Å². The number of rotatable bonds is 9. The summed E-state index contributed by atoms with van der Waals surface area (Å²) in [5.41, 5.74) is 1.93. The van der Waals surface area contributed by atoms with E-state index in [1.54, 1.807) is 28.1 Å². The van der Waals surface area contributed by atoms with Crippen molar-refractivity contribution < 1.29 is 17.6 Å². The van der Waals surface area contributed by atoms with Gasteiger partial charge >= 0.3 is 4.87 Å². The first kappa shape index (κ1) is 22.9. The Bertz CT molecular complexity index is 1240. The van der Waals surface area contributed by atoms with Crippen LogP contribution in [0.2, 0.25) is 0 Å². The van der Waals surface area contributed by atoms with Crippen LogP contribution in [0.3, 0.4) is 0 Å². The molecule has 0 radical (unpaired) electrons. The SMILES string of the molecule is Cc1csc(=O)n1CCC(=O)NCc1cccc(S(=O)(=O)NCc2cccc(F)c2)c1. The highest BCUT2D eigenvalue weighted by atomic mass is 32.2. The summed E-state index contributed by atoms with van der Waals surface area (Å²) >= 11 is 1.09. The van der Waals surface area contributed by atoms with E-state index in [2.05, 4.69) is 10.0 Å². The molecule has 0 spiro atoms. The van der Waals surface area contributed by atoms with Crippen LogP contribution in [0.5, 0.6) is 0 Å². The molecule has 3 rings (SSSR count). The number of carbonyl (C=O) groups excluding carboxylic acids is 1. The van der Waals surface area contributed by atoms with Crippen LogP contribution in [0.4, 0.5) is 4.39 Å². The molecule has 0 saturated carbocycles. The topological polar surface area (TPSA) is 97.3 Å². The fourth-order valence-electron chi connectivity index (χ4n) is 2.91. The minimum Gasteiger partial charge on any atom is -0.352 e. The molecule has 2 N–H and O–H groups in total. The summed E-state index contributed by atoms with van der Waals surface area (Å²) in [6.07, 6.45) is 0.144. The van der Waals surface area contributed by atoms with Crippen molar-refractivity contribution in [3.05, 3.63) is 86.2 Å². The normalized spacial score (nSPS) is 11.4. The molecule has 0 saturated heterocycles. The van der Waals surface area contributed by atoms with Crippen molar-refractivity contribution in [2.45, 2.75) is 37.9 Å². The largest absolute Gasteiger partial charge is 0.352 e. The molecule has 31 heavy (non-hydrogen) atoms. The number of aryl methyl sites for hydroxylation is 1. The van der Waals surface area contributed by atoms with Crippen LogP contribution in [-0.2, 0) is 34.5 Å². The van der Waals surface area contributed by atoms with Crippen LogP contribution in [0.25, 0.3) is 0 Å². The quantitative estimate of drug-likeness (QED) is 0.510. The zero-order valence-electron chi connectivity index (χ0n) is 16.8. The zero-order chi connectivity index (χ0) is 22.4. The van der Waals surface area contributed by atoms with Crippen molar-refractivity contribution in [2.75, 3.05) is 0 Å². The highest BCUT2D eigenvalue weighted by Crippen LogP contribution is 2.13. The summed E-state index contributed by atoms with van der Waals surface area (Å²) in [4.78, 5) is 23.8. The summed E-state index contributed by atoms with van der Waals surface area (Å²) in [7, 11) is -3.80. The van der Waals surface area contributed by atoms with Gasteiger partial charge < -0.3 is 9.88 Å². The Morgan fingerprint density at radius 1 is 1.10 bits per heavy atom. The van der Waals surface area contributed by atoms with E-state index >= 15 is 0 Å². The fraction of sp³-hybridized carbons (Fsp3) is 0.238. The number of amides is 1. The van der Waals surface area contributed by atoms with Gasteiger partial charge in [-0.3, -0.25) is 9.59 Å². The number of halogens is 1. The second-order valence-corrected chi connectivity index (χ2v) is 9.51. The molecule has 0 aliphatic heterocycles. The van der Waals surface area contributed by atoms with Crippen molar-refractivity contribution in [1.29, 1.82) is 0 Å². The van der Waals surface area contributed by atoms with Crippen LogP contribution in [0.15, 0.2) is 63.6 Å². The Morgan fingerprint density at radius 2 is 1.81 bits per heavy atom. The molecule has 1 heterocycles. The third kappa shape index (κ3) is 6.33. The van der Waals surface area contributed by atoms with Crippen LogP contribution in [0, 0.1) is 12.7 Å². The van der Waals surface area contributed by atoms with E-state index in [0.29, 0.717) is 17.7 Å². The molecule has 7 nitrogen and oxygen atoms in total. The highest BCUT2D eigenvalue weighted by Gasteiger charge is 2.15. The molecule has 164 valence electrons. The van der Waals surface area contributed by atoms with E-state index in [0.717, 1.165) is 17.0 Å². The summed E-state index contributed by atoms with van der Waals surface area (Å²) < 4.78 is 42.4. The van der Waals surface area contributed by atoms with Gasteiger partial charge in [0.25, 0.3) is 0 Å². The molecule has 1 amide bonds. The minimum absolute atomic E-state index is 0.0393. The maximum absolute atomic E-state index is 13.3. The highest BCUT2D eigenvalue weighted by molar-refractivity contribution is 7.89. The monoisotopic (exact) mass is 463 g/mol. The number of hydrogen-bond donors (Lipinski definition) is 2. The summed E-state index contributed by atoms with van der Waals surface area (Å²) in [6, 6.07) is 11.9. The number of carbonyl (C=O) groups is 1.